The normalized spacial score (nSPS) is 12.6. The first-order valence-corrected chi connectivity index (χ1v) is 11.3. The van der Waals surface area contributed by atoms with Gasteiger partial charge in [-0.2, -0.15) is 4.99 Å². The van der Waals surface area contributed by atoms with Crippen LogP contribution < -0.4 is 10.1 Å². The quantitative estimate of drug-likeness (QED) is 0.478. The minimum Gasteiger partial charge on any atom is -0.350 e. The second kappa shape index (κ2) is 9.70. The third kappa shape index (κ3) is 4.68. The Hall–Kier alpha value is -3.58. The lowest BCUT2D eigenvalue weighted by Crippen LogP contribution is -2.35. The Kier molecular flexibility index (Phi) is 6.56. The lowest BCUT2D eigenvalue weighted by atomic mass is 10.1. The number of hydrogen-bond donors (Lipinski definition) is 1. The molecule has 1 atom stereocenters. The summed E-state index contributed by atoms with van der Waals surface area (Å²) in [4.78, 5) is 35.0. The smallest absolute Gasteiger partial charge is 0.279 e. The minimum absolute atomic E-state index is 0.114. The Balaban J connectivity index is 1.72. The topological polar surface area (TPSA) is 76.3 Å². The van der Waals surface area contributed by atoms with Gasteiger partial charge in [0.25, 0.3) is 5.91 Å². The molecular formula is C25H24N4O2S. The fraction of sp³-hybridized carbons (Fsp3) is 0.200. The highest BCUT2D eigenvalue weighted by atomic mass is 32.1. The van der Waals surface area contributed by atoms with E-state index in [4.69, 9.17) is 0 Å². The SMILES string of the molecule is CCC(C(=O)NCc1ccncc1)n1c(=NC(=O)c2ccc(C)cc2)sc2ccccc21. The van der Waals surface area contributed by atoms with Gasteiger partial charge in [0.2, 0.25) is 5.91 Å². The van der Waals surface area contributed by atoms with E-state index < -0.39 is 6.04 Å². The third-order valence-corrected chi connectivity index (χ3v) is 6.28. The van der Waals surface area contributed by atoms with Crippen LogP contribution in [0.15, 0.2) is 78.0 Å². The van der Waals surface area contributed by atoms with Crippen LogP contribution in [0.5, 0.6) is 0 Å². The predicted octanol–water partition coefficient (Wildman–Crippen LogP) is 4.41. The van der Waals surface area contributed by atoms with Crippen molar-refractivity contribution in [2.24, 2.45) is 4.99 Å². The molecule has 0 bridgehead atoms. The monoisotopic (exact) mass is 444 g/mol. The van der Waals surface area contributed by atoms with Gasteiger partial charge in [-0.1, -0.05) is 48.1 Å². The summed E-state index contributed by atoms with van der Waals surface area (Å²) in [6.07, 6.45) is 3.97. The maximum absolute atomic E-state index is 13.2. The summed E-state index contributed by atoms with van der Waals surface area (Å²) in [5.74, 6) is -0.436. The van der Waals surface area contributed by atoms with E-state index in [0.717, 1.165) is 21.3 Å². The van der Waals surface area contributed by atoms with Crippen LogP contribution in [-0.2, 0) is 11.3 Å². The van der Waals surface area contributed by atoms with Gasteiger partial charge >= 0.3 is 0 Å². The highest BCUT2D eigenvalue weighted by Gasteiger charge is 2.22. The Bertz CT molecular complexity index is 1310. The number of hydrogen-bond acceptors (Lipinski definition) is 4. The van der Waals surface area contributed by atoms with Crippen molar-refractivity contribution >= 4 is 33.4 Å². The molecule has 0 spiro atoms. The zero-order valence-electron chi connectivity index (χ0n) is 18.0. The van der Waals surface area contributed by atoms with Gasteiger partial charge in [-0.15, -0.1) is 0 Å². The fourth-order valence-electron chi connectivity index (χ4n) is 3.51. The first-order valence-electron chi connectivity index (χ1n) is 10.5. The molecule has 2 aromatic heterocycles. The van der Waals surface area contributed by atoms with E-state index in [-0.39, 0.29) is 11.8 Å². The maximum atomic E-state index is 13.2. The van der Waals surface area contributed by atoms with E-state index in [1.165, 1.54) is 11.3 Å². The molecule has 0 radical (unpaired) electrons. The van der Waals surface area contributed by atoms with Crippen molar-refractivity contribution < 1.29 is 9.59 Å². The van der Waals surface area contributed by atoms with Crippen molar-refractivity contribution in [3.05, 3.63) is 94.5 Å². The molecule has 4 aromatic rings. The summed E-state index contributed by atoms with van der Waals surface area (Å²) >= 11 is 1.41. The number of nitrogens with one attached hydrogen (secondary N) is 1. The fourth-order valence-corrected chi connectivity index (χ4v) is 4.58. The molecule has 0 aliphatic heterocycles. The van der Waals surface area contributed by atoms with Crippen LogP contribution in [0.3, 0.4) is 0 Å². The van der Waals surface area contributed by atoms with Crippen molar-refractivity contribution in [1.29, 1.82) is 0 Å². The molecular weight excluding hydrogens is 420 g/mol. The van der Waals surface area contributed by atoms with Crippen LogP contribution in [0.1, 0.15) is 40.9 Å². The van der Waals surface area contributed by atoms with Crippen molar-refractivity contribution in [1.82, 2.24) is 14.9 Å². The number of rotatable bonds is 6. The molecule has 0 aliphatic rings. The Morgan fingerprint density at radius 2 is 1.78 bits per heavy atom. The van der Waals surface area contributed by atoms with Gasteiger partial charge < -0.3 is 9.88 Å². The minimum atomic E-state index is -0.488. The molecule has 0 saturated carbocycles. The van der Waals surface area contributed by atoms with E-state index in [0.29, 0.717) is 23.3 Å². The molecule has 2 amide bonds. The van der Waals surface area contributed by atoms with Gasteiger partial charge in [0.1, 0.15) is 6.04 Å². The average Bonchev–Trinajstić information content (AvgIpc) is 3.17. The van der Waals surface area contributed by atoms with E-state index in [1.54, 1.807) is 24.5 Å². The lowest BCUT2D eigenvalue weighted by Gasteiger charge is -2.18. The van der Waals surface area contributed by atoms with Crippen molar-refractivity contribution in [3.8, 4) is 0 Å². The van der Waals surface area contributed by atoms with Crippen LogP contribution >= 0.6 is 11.3 Å². The molecule has 2 heterocycles. The molecule has 0 saturated heterocycles. The van der Waals surface area contributed by atoms with Crippen LogP contribution in [0.2, 0.25) is 0 Å². The zero-order valence-corrected chi connectivity index (χ0v) is 18.8. The molecule has 162 valence electrons. The largest absolute Gasteiger partial charge is 0.350 e. The number of fused-ring (bicyclic) bond motifs is 1. The number of carbonyl (C=O) groups is 2. The summed E-state index contributed by atoms with van der Waals surface area (Å²) in [7, 11) is 0. The van der Waals surface area contributed by atoms with Gasteiger partial charge in [-0.3, -0.25) is 14.6 Å². The summed E-state index contributed by atoms with van der Waals surface area (Å²) in [5, 5.41) is 3.01. The number of aromatic nitrogens is 2. The summed E-state index contributed by atoms with van der Waals surface area (Å²) < 4.78 is 2.86. The number of thiazole rings is 1. The highest BCUT2D eigenvalue weighted by molar-refractivity contribution is 7.16. The van der Waals surface area contributed by atoms with Crippen molar-refractivity contribution in [3.63, 3.8) is 0 Å². The second-order valence-electron chi connectivity index (χ2n) is 7.50. The second-order valence-corrected chi connectivity index (χ2v) is 8.51. The first kappa shape index (κ1) is 21.6. The molecule has 4 rings (SSSR count). The number of carbonyl (C=O) groups excluding carboxylic acids is 2. The van der Waals surface area contributed by atoms with Crippen LogP contribution in [0.4, 0.5) is 0 Å². The van der Waals surface area contributed by atoms with Gasteiger partial charge in [0, 0.05) is 24.5 Å². The predicted molar refractivity (Wildman–Crippen MR) is 126 cm³/mol. The van der Waals surface area contributed by atoms with Crippen LogP contribution in [0.25, 0.3) is 10.2 Å². The number of benzene rings is 2. The Labute approximate surface area is 190 Å². The lowest BCUT2D eigenvalue weighted by molar-refractivity contribution is -0.124. The van der Waals surface area contributed by atoms with E-state index in [9.17, 15) is 9.59 Å². The van der Waals surface area contributed by atoms with Gasteiger partial charge in [0.05, 0.1) is 10.2 Å². The third-order valence-electron chi connectivity index (χ3n) is 5.24. The number of aryl methyl sites for hydroxylation is 1. The molecule has 1 unspecified atom stereocenters. The zero-order chi connectivity index (χ0) is 22.5. The molecule has 2 aromatic carbocycles. The molecule has 32 heavy (non-hydrogen) atoms. The number of nitrogens with zero attached hydrogens (tertiary/aromatic N) is 3. The summed E-state index contributed by atoms with van der Waals surface area (Å²) in [5.41, 5.74) is 3.46. The van der Waals surface area contributed by atoms with Gasteiger partial charge in [-0.05, 0) is 55.3 Å². The molecule has 0 fully saturated rings. The Morgan fingerprint density at radius 3 is 2.50 bits per heavy atom. The molecule has 0 aliphatic carbocycles. The molecule has 7 heteroatoms. The van der Waals surface area contributed by atoms with Crippen molar-refractivity contribution in [2.75, 3.05) is 0 Å². The van der Waals surface area contributed by atoms with Crippen LogP contribution in [0, 0.1) is 6.92 Å². The summed E-state index contributed by atoms with van der Waals surface area (Å²) in [6, 6.07) is 18.4. The highest BCUT2D eigenvalue weighted by Crippen LogP contribution is 2.23. The number of amides is 2. The average molecular weight is 445 g/mol. The van der Waals surface area contributed by atoms with Crippen molar-refractivity contribution in [2.45, 2.75) is 32.9 Å². The first-order chi connectivity index (χ1) is 15.6. The van der Waals surface area contributed by atoms with Crippen LogP contribution in [-0.4, -0.2) is 21.4 Å². The summed E-state index contributed by atoms with van der Waals surface area (Å²) in [6.45, 7) is 4.35. The van der Waals surface area contributed by atoms with E-state index >= 15 is 0 Å². The Morgan fingerprint density at radius 1 is 1.06 bits per heavy atom. The van der Waals surface area contributed by atoms with Gasteiger partial charge in [0.15, 0.2) is 4.80 Å². The number of pyridine rings is 1. The van der Waals surface area contributed by atoms with E-state index in [2.05, 4.69) is 15.3 Å². The molecule has 6 nitrogen and oxygen atoms in total. The molecule has 1 N–H and O–H groups in total. The number of para-hydroxylation sites is 1. The van der Waals surface area contributed by atoms with Gasteiger partial charge in [-0.25, -0.2) is 0 Å². The van der Waals surface area contributed by atoms with E-state index in [1.807, 2.05) is 66.9 Å². The maximum Gasteiger partial charge on any atom is 0.279 e. The standard InChI is InChI=1S/C25H24N4O2S/c1-3-20(24(31)27-16-18-12-14-26-15-13-18)29-21-6-4-5-7-22(21)32-25(29)28-23(30)19-10-8-17(2)9-11-19/h4-15,20H,3,16H2,1-2H3,(H,27,31).